The quantitative estimate of drug-likeness (QED) is 0.715. The number of amides is 1. The molecule has 1 amide bonds. The zero-order chi connectivity index (χ0) is 19.3. The highest BCUT2D eigenvalue weighted by atomic mass is 35.5. The number of hydrogen-bond donors (Lipinski definition) is 2. The molecule has 0 aliphatic rings. The first-order valence-electron chi connectivity index (χ1n) is 8.65. The van der Waals surface area contributed by atoms with Gasteiger partial charge in [0.2, 0.25) is 5.91 Å². The first kappa shape index (κ1) is 23.0. The Hall–Kier alpha value is -1.99. The summed E-state index contributed by atoms with van der Waals surface area (Å²) in [4.78, 5) is 11.8. The van der Waals surface area contributed by atoms with Gasteiger partial charge in [-0.3, -0.25) is 9.48 Å². The van der Waals surface area contributed by atoms with E-state index in [0.717, 1.165) is 22.5 Å². The fourth-order valence-corrected chi connectivity index (χ4v) is 2.74. The molecule has 0 bridgehead atoms. The minimum Gasteiger partial charge on any atom is -0.350 e. The fourth-order valence-electron chi connectivity index (χ4n) is 2.74. The van der Waals surface area contributed by atoms with Crippen molar-refractivity contribution in [3.05, 3.63) is 52.3 Å². The third-order valence-electron chi connectivity index (χ3n) is 4.43. The standard InChI is InChI=1S/C19H26F2N4O.ClH/c1-13-4-6-16(7-5-13)10-25-15(3)17(14(2)24-25)8-9-18(26)23-12-19(20,21)11-22;/h4-7H,8-12,22H2,1-3H3,(H,23,26);1H. The first-order chi connectivity index (χ1) is 12.2. The molecule has 0 saturated heterocycles. The number of nitrogens with zero attached hydrogens (tertiary/aromatic N) is 2. The zero-order valence-electron chi connectivity index (χ0n) is 15.9. The van der Waals surface area contributed by atoms with Gasteiger partial charge in [-0.15, -0.1) is 12.4 Å². The summed E-state index contributed by atoms with van der Waals surface area (Å²) in [5, 5.41) is 6.79. The molecule has 0 aliphatic heterocycles. The topological polar surface area (TPSA) is 72.9 Å². The average molecular weight is 401 g/mol. The highest BCUT2D eigenvalue weighted by molar-refractivity contribution is 5.85. The summed E-state index contributed by atoms with van der Waals surface area (Å²) in [6, 6.07) is 8.25. The molecule has 0 fully saturated rings. The lowest BCUT2D eigenvalue weighted by Crippen LogP contribution is -2.41. The summed E-state index contributed by atoms with van der Waals surface area (Å²) in [6.45, 7) is 5.05. The summed E-state index contributed by atoms with van der Waals surface area (Å²) < 4.78 is 28.1. The molecule has 0 aliphatic carbocycles. The monoisotopic (exact) mass is 400 g/mol. The lowest BCUT2D eigenvalue weighted by atomic mass is 10.1. The second kappa shape index (κ2) is 9.80. The van der Waals surface area contributed by atoms with Crippen LogP contribution in [0.5, 0.6) is 0 Å². The number of carbonyl (C=O) groups is 1. The molecule has 0 unspecified atom stereocenters. The van der Waals surface area contributed by atoms with Crippen LogP contribution in [0.15, 0.2) is 24.3 Å². The van der Waals surface area contributed by atoms with Crippen LogP contribution in [0, 0.1) is 20.8 Å². The molecule has 0 radical (unpaired) electrons. The van der Waals surface area contributed by atoms with Gasteiger partial charge in [-0.25, -0.2) is 8.78 Å². The zero-order valence-corrected chi connectivity index (χ0v) is 16.7. The van der Waals surface area contributed by atoms with Gasteiger partial charge in [0.05, 0.1) is 25.3 Å². The van der Waals surface area contributed by atoms with Crippen molar-refractivity contribution >= 4 is 18.3 Å². The van der Waals surface area contributed by atoms with E-state index in [1.807, 2.05) is 25.5 Å². The SMILES string of the molecule is Cc1ccc(Cn2nc(C)c(CCC(=O)NCC(F)(F)CN)c2C)cc1.Cl. The van der Waals surface area contributed by atoms with Gasteiger partial charge in [-0.2, -0.15) is 5.10 Å². The number of carbonyl (C=O) groups excluding carboxylic acids is 1. The molecule has 1 aromatic carbocycles. The van der Waals surface area contributed by atoms with Gasteiger partial charge in [0.25, 0.3) is 5.92 Å². The molecule has 27 heavy (non-hydrogen) atoms. The molecule has 0 saturated carbocycles. The number of aryl methyl sites for hydroxylation is 2. The number of hydrogen-bond acceptors (Lipinski definition) is 3. The van der Waals surface area contributed by atoms with Gasteiger partial charge >= 0.3 is 0 Å². The molecule has 1 aromatic heterocycles. The van der Waals surface area contributed by atoms with E-state index in [0.29, 0.717) is 13.0 Å². The summed E-state index contributed by atoms with van der Waals surface area (Å²) >= 11 is 0. The second-order valence-corrected chi connectivity index (χ2v) is 6.63. The lowest BCUT2D eigenvalue weighted by molar-refractivity contribution is -0.122. The number of aromatic nitrogens is 2. The minimum absolute atomic E-state index is 0. The molecule has 2 rings (SSSR count). The van der Waals surface area contributed by atoms with Crippen LogP contribution in [0.3, 0.4) is 0 Å². The Kier molecular flexibility index (Phi) is 8.37. The summed E-state index contributed by atoms with van der Waals surface area (Å²) in [5.74, 6) is -3.48. The summed E-state index contributed by atoms with van der Waals surface area (Å²) in [5.41, 5.74) is 10.1. The fraction of sp³-hybridized carbons (Fsp3) is 0.474. The highest BCUT2D eigenvalue weighted by Gasteiger charge is 2.27. The van der Waals surface area contributed by atoms with Gasteiger partial charge in [0.15, 0.2) is 0 Å². The van der Waals surface area contributed by atoms with Crippen LogP contribution >= 0.6 is 12.4 Å². The minimum atomic E-state index is -3.07. The number of alkyl halides is 2. The number of rotatable bonds is 8. The number of halogens is 3. The van der Waals surface area contributed by atoms with Crippen LogP contribution in [0.4, 0.5) is 8.78 Å². The van der Waals surface area contributed by atoms with E-state index in [-0.39, 0.29) is 18.8 Å². The Morgan fingerprint density at radius 3 is 2.44 bits per heavy atom. The smallest absolute Gasteiger partial charge is 0.277 e. The Morgan fingerprint density at radius 1 is 1.22 bits per heavy atom. The van der Waals surface area contributed by atoms with E-state index in [9.17, 15) is 13.6 Å². The third-order valence-corrected chi connectivity index (χ3v) is 4.43. The summed E-state index contributed by atoms with van der Waals surface area (Å²) in [6.07, 6.45) is 0.601. The van der Waals surface area contributed by atoms with Crippen LogP contribution in [0.1, 0.15) is 34.5 Å². The molecule has 1 heterocycles. The van der Waals surface area contributed by atoms with Crippen LogP contribution in [0.25, 0.3) is 0 Å². The molecule has 150 valence electrons. The third kappa shape index (κ3) is 6.59. The van der Waals surface area contributed by atoms with Crippen molar-refractivity contribution in [1.29, 1.82) is 0 Å². The maximum atomic E-state index is 13.1. The number of nitrogens with two attached hydrogens (primary N) is 1. The van der Waals surface area contributed by atoms with Gasteiger partial charge in [-0.1, -0.05) is 29.8 Å². The van der Waals surface area contributed by atoms with Gasteiger partial charge in [-0.05, 0) is 38.3 Å². The van der Waals surface area contributed by atoms with Crippen molar-refractivity contribution in [2.75, 3.05) is 13.1 Å². The van der Waals surface area contributed by atoms with Crippen LogP contribution in [-0.2, 0) is 17.8 Å². The number of nitrogens with one attached hydrogen (secondary N) is 1. The van der Waals surface area contributed by atoms with Crippen molar-refractivity contribution in [3.63, 3.8) is 0 Å². The van der Waals surface area contributed by atoms with E-state index in [4.69, 9.17) is 5.73 Å². The van der Waals surface area contributed by atoms with Crippen molar-refractivity contribution in [1.82, 2.24) is 15.1 Å². The molecule has 0 spiro atoms. The predicted octanol–water partition coefficient (Wildman–Crippen LogP) is 2.92. The van der Waals surface area contributed by atoms with E-state index >= 15 is 0 Å². The molecule has 3 N–H and O–H groups in total. The molecule has 0 atom stereocenters. The maximum Gasteiger partial charge on any atom is 0.277 e. The molecule has 8 heteroatoms. The molecular weight excluding hydrogens is 374 g/mol. The van der Waals surface area contributed by atoms with Gasteiger partial charge in [0.1, 0.15) is 0 Å². The van der Waals surface area contributed by atoms with Crippen LogP contribution < -0.4 is 11.1 Å². The molecular formula is C19H27ClF2N4O. The van der Waals surface area contributed by atoms with E-state index in [2.05, 4.69) is 34.7 Å². The van der Waals surface area contributed by atoms with Crippen molar-refractivity contribution in [2.24, 2.45) is 5.73 Å². The van der Waals surface area contributed by atoms with E-state index in [1.54, 1.807) is 0 Å². The Labute approximate surface area is 164 Å². The molecule has 5 nitrogen and oxygen atoms in total. The average Bonchev–Trinajstić information content (AvgIpc) is 2.87. The second-order valence-electron chi connectivity index (χ2n) is 6.63. The Bertz CT molecular complexity index is 760. The van der Waals surface area contributed by atoms with Crippen molar-refractivity contribution in [3.8, 4) is 0 Å². The van der Waals surface area contributed by atoms with Gasteiger partial charge in [0, 0.05) is 12.1 Å². The Balaban J connectivity index is 0.00000364. The van der Waals surface area contributed by atoms with Crippen LogP contribution in [-0.4, -0.2) is 34.7 Å². The first-order valence-corrected chi connectivity index (χ1v) is 8.65. The van der Waals surface area contributed by atoms with E-state index < -0.39 is 24.9 Å². The lowest BCUT2D eigenvalue weighted by Gasteiger charge is -2.14. The summed E-state index contributed by atoms with van der Waals surface area (Å²) in [7, 11) is 0. The Morgan fingerprint density at radius 2 is 1.85 bits per heavy atom. The van der Waals surface area contributed by atoms with Crippen molar-refractivity contribution < 1.29 is 13.6 Å². The largest absolute Gasteiger partial charge is 0.350 e. The van der Waals surface area contributed by atoms with Gasteiger partial charge < -0.3 is 11.1 Å². The predicted molar refractivity (Wildman–Crippen MR) is 105 cm³/mol. The maximum absolute atomic E-state index is 13.1. The molecule has 2 aromatic rings. The van der Waals surface area contributed by atoms with Crippen LogP contribution in [0.2, 0.25) is 0 Å². The normalized spacial score (nSPS) is 11.2. The van der Waals surface area contributed by atoms with E-state index in [1.165, 1.54) is 5.56 Å². The highest BCUT2D eigenvalue weighted by Crippen LogP contribution is 2.17. The van der Waals surface area contributed by atoms with Crippen molar-refractivity contribution in [2.45, 2.75) is 46.1 Å². The number of benzene rings is 1.